The van der Waals surface area contributed by atoms with Gasteiger partial charge in [-0.2, -0.15) is 5.10 Å². The number of benzene rings is 1. The van der Waals surface area contributed by atoms with Crippen molar-refractivity contribution in [3.05, 3.63) is 52.8 Å². The fourth-order valence-corrected chi connectivity index (χ4v) is 2.46. The summed E-state index contributed by atoms with van der Waals surface area (Å²) in [7, 11) is 0. The summed E-state index contributed by atoms with van der Waals surface area (Å²) in [5, 5.41) is 4.07. The molecule has 5 heteroatoms. The van der Waals surface area contributed by atoms with Gasteiger partial charge in [0.2, 0.25) is 0 Å². The van der Waals surface area contributed by atoms with Gasteiger partial charge >= 0.3 is 0 Å². The van der Waals surface area contributed by atoms with Crippen molar-refractivity contribution in [3.8, 4) is 0 Å². The number of hydrazone groups is 1. The van der Waals surface area contributed by atoms with Crippen LogP contribution in [-0.4, -0.2) is 16.7 Å². The zero-order valence-electron chi connectivity index (χ0n) is 14.1. The minimum Gasteiger partial charge on any atom is -0.399 e. The maximum atomic E-state index is 12.0. The number of hydrogen-bond donors (Lipinski definition) is 2. The lowest BCUT2D eigenvalue weighted by molar-refractivity contribution is 0.0955. The number of nitrogens with one attached hydrogen (secondary N) is 1. The first kappa shape index (κ1) is 16.8. The molecule has 0 fully saturated rings. The molecule has 0 radical (unpaired) electrons. The van der Waals surface area contributed by atoms with Crippen LogP contribution in [-0.2, 0) is 6.54 Å². The van der Waals surface area contributed by atoms with Gasteiger partial charge < -0.3 is 10.3 Å². The molecule has 0 aliphatic heterocycles. The summed E-state index contributed by atoms with van der Waals surface area (Å²) in [6, 6.07) is 8.82. The molecule has 0 saturated carbocycles. The molecule has 0 unspecified atom stereocenters. The van der Waals surface area contributed by atoms with E-state index in [-0.39, 0.29) is 5.91 Å². The van der Waals surface area contributed by atoms with Crippen LogP contribution in [0.4, 0.5) is 5.69 Å². The first-order valence-corrected chi connectivity index (χ1v) is 7.74. The Bertz CT molecular complexity index is 711. The Morgan fingerprint density at radius 2 is 1.96 bits per heavy atom. The van der Waals surface area contributed by atoms with Crippen LogP contribution < -0.4 is 11.2 Å². The van der Waals surface area contributed by atoms with Crippen molar-refractivity contribution in [1.82, 2.24) is 9.99 Å². The summed E-state index contributed by atoms with van der Waals surface area (Å²) in [6.45, 7) is 9.51. The van der Waals surface area contributed by atoms with E-state index in [1.54, 1.807) is 30.5 Å². The number of carbonyl (C=O) groups is 1. The second-order valence-corrected chi connectivity index (χ2v) is 6.15. The molecule has 122 valence electrons. The second-order valence-electron chi connectivity index (χ2n) is 6.15. The second kappa shape index (κ2) is 7.13. The van der Waals surface area contributed by atoms with Crippen LogP contribution in [0.2, 0.25) is 0 Å². The highest BCUT2D eigenvalue weighted by Gasteiger charge is 2.09. The molecule has 1 aromatic heterocycles. The molecule has 0 aliphatic rings. The number of nitrogen functional groups attached to an aromatic ring is 1. The van der Waals surface area contributed by atoms with E-state index in [1.807, 2.05) is 0 Å². The molecule has 0 atom stereocenters. The summed E-state index contributed by atoms with van der Waals surface area (Å²) in [6.07, 6.45) is 1.69. The number of rotatable bonds is 5. The van der Waals surface area contributed by atoms with Crippen LogP contribution in [0.3, 0.4) is 0 Å². The maximum Gasteiger partial charge on any atom is 0.271 e. The Hall–Kier alpha value is -2.56. The minimum absolute atomic E-state index is 0.253. The van der Waals surface area contributed by atoms with E-state index < -0.39 is 0 Å². The minimum atomic E-state index is -0.253. The Kier molecular flexibility index (Phi) is 5.21. The maximum absolute atomic E-state index is 12.0. The number of anilines is 1. The third kappa shape index (κ3) is 4.22. The van der Waals surface area contributed by atoms with E-state index in [4.69, 9.17) is 5.73 Å². The third-order valence-electron chi connectivity index (χ3n) is 3.70. The van der Waals surface area contributed by atoms with Crippen molar-refractivity contribution in [1.29, 1.82) is 0 Å². The molecular formula is C18H24N4O. The molecule has 0 spiro atoms. The molecule has 2 rings (SSSR count). The summed E-state index contributed by atoms with van der Waals surface area (Å²) >= 11 is 0. The molecule has 1 aromatic carbocycles. The van der Waals surface area contributed by atoms with Gasteiger partial charge in [-0.15, -0.1) is 0 Å². The summed E-state index contributed by atoms with van der Waals surface area (Å²) in [5.74, 6) is 0.326. The molecule has 0 saturated heterocycles. The van der Waals surface area contributed by atoms with Gasteiger partial charge in [0.1, 0.15) is 0 Å². The topological polar surface area (TPSA) is 72.4 Å². The molecule has 0 aliphatic carbocycles. The van der Waals surface area contributed by atoms with Crippen molar-refractivity contribution in [2.24, 2.45) is 11.0 Å². The lowest BCUT2D eigenvalue weighted by Gasteiger charge is -2.11. The molecule has 1 heterocycles. The van der Waals surface area contributed by atoms with Gasteiger partial charge in [-0.05, 0) is 50.1 Å². The van der Waals surface area contributed by atoms with Crippen molar-refractivity contribution < 1.29 is 4.79 Å². The van der Waals surface area contributed by atoms with Crippen LogP contribution in [0.5, 0.6) is 0 Å². The average Bonchev–Trinajstić information content (AvgIpc) is 2.75. The van der Waals surface area contributed by atoms with Crippen molar-refractivity contribution in [3.63, 3.8) is 0 Å². The quantitative estimate of drug-likeness (QED) is 0.506. The normalized spacial score (nSPS) is 11.3. The zero-order chi connectivity index (χ0) is 17.0. The van der Waals surface area contributed by atoms with Gasteiger partial charge in [0.25, 0.3) is 5.91 Å². The lowest BCUT2D eigenvalue weighted by atomic mass is 10.2. The molecule has 5 nitrogen and oxygen atoms in total. The number of carbonyl (C=O) groups excluding carboxylic acids is 1. The van der Waals surface area contributed by atoms with E-state index >= 15 is 0 Å². The highest BCUT2D eigenvalue weighted by Crippen LogP contribution is 2.15. The van der Waals surface area contributed by atoms with Gasteiger partial charge in [0, 0.05) is 34.7 Å². The first-order chi connectivity index (χ1) is 10.9. The van der Waals surface area contributed by atoms with E-state index in [0.29, 0.717) is 17.2 Å². The van der Waals surface area contributed by atoms with E-state index in [2.05, 4.69) is 48.9 Å². The first-order valence-electron chi connectivity index (χ1n) is 7.74. The van der Waals surface area contributed by atoms with Crippen LogP contribution in [0, 0.1) is 19.8 Å². The Balaban J connectivity index is 2.06. The number of amides is 1. The van der Waals surface area contributed by atoms with Crippen LogP contribution in [0.25, 0.3) is 0 Å². The highest BCUT2D eigenvalue weighted by atomic mass is 16.2. The Labute approximate surface area is 137 Å². The van der Waals surface area contributed by atoms with Gasteiger partial charge in [0.05, 0.1) is 6.21 Å². The number of aryl methyl sites for hydroxylation is 1. The number of aromatic nitrogens is 1. The van der Waals surface area contributed by atoms with E-state index in [9.17, 15) is 4.79 Å². The van der Waals surface area contributed by atoms with Gasteiger partial charge in [-0.1, -0.05) is 13.8 Å². The number of nitrogens with zero attached hydrogens (tertiary/aromatic N) is 2. The Morgan fingerprint density at radius 1 is 1.30 bits per heavy atom. The van der Waals surface area contributed by atoms with Crippen molar-refractivity contribution in [2.75, 3.05) is 5.73 Å². The number of nitrogens with two attached hydrogens (primary N) is 1. The van der Waals surface area contributed by atoms with Gasteiger partial charge in [0.15, 0.2) is 0 Å². The summed E-state index contributed by atoms with van der Waals surface area (Å²) in [5.41, 5.74) is 12.7. The van der Waals surface area contributed by atoms with Gasteiger partial charge in [-0.25, -0.2) is 5.43 Å². The zero-order valence-corrected chi connectivity index (χ0v) is 14.1. The summed E-state index contributed by atoms with van der Waals surface area (Å²) in [4.78, 5) is 12.0. The predicted molar refractivity (Wildman–Crippen MR) is 94.7 cm³/mol. The van der Waals surface area contributed by atoms with Crippen molar-refractivity contribution in [2.45, 2.75) is 34.2 Å². The van der Waals surface area contributed by atoms with E-state index in [0.717, 1.165) is 17.8 Å². The van der Waals surface area contributed by atoms with Crippen LogP contribution in [0.1, 0.15) is 41.2 Å². The van der Waals surface area contributed by atoms with Crippen LogP contribution >= 0.6 is 0 Å². The monoisotopic (exact) mass is 312 g/mol. The molecule has 2 aromatic rings. The van der Waals surface area contributed by atoms with E-state index in [1.165, 1.54) is 5.69 Å². The largest absolute Gasteiger partial charge is 0.399 e. The number of hydrogen-bond acceptors (Lipinski definition) is 3. The molecular weight excluding hydrogens is 288 g/mol. The predicted octanol–water partition coefficient (Wildman–Crippen LogP) is 3.11. The standard InChI is InChI=1S/C18H24N4O/c1-12(2)11-22-13(3)9-16(14(22)4)10-20-21-18(23)15-5-7-17(19)8-6-15/h5-10,12H,11,19H2,1-4H3,(H,21,23)/b20-10+. The summed E-state index contributed by atoms with van der Waals surface area (Å²) < 4.78 is 2.27. The smallest absolute Gasteiger partial charge is 0.271 e. The molecule has 3 N–H and O–H groups in total. The fourth-order valence-electron chi connectivity index (χ4n) is 2.46. The average molecular weight is 312 g/mol. The fraction of sp³-hybridized carbons (Fsp3) is 0.333. The highest BCUT2D eigenvalue weighted by molar-refractivity contribution is 5.95. The lowest BCUT2D eigenvalue weighted by Crippen LogP contribution is -2.17. The molecule has 23 heavy (non-hydrogen) atoms. The van der Waals surface area contributed by atoms with Crippen LogP contribution in [0.15, 0.2) is 35.4 Å². The molecule has 1 amide bonds. The van der Waals surface area contributed by atoms with Crippen molar-refractivity contribution >= 4 is 17.8 Å². The SMILES string of the molecule is Cc1cc(/C=N/NC(=O)c2ccc(N)cc2)c(C)n1CC(C)C. The Morgan fingerprint density at radius 3 is 2.57 bits per heavy atom. The van der Waals surface area contributed by atoms with Gasteiger partial charge in [-0.3, -0.25) is 4.79 Å². The molecule has 0 bridgehead atoms. The third-order valence-corrected chi connectivity index (χ3v) is 3.70.